The number of rotatable bonds is 4. The molecule has 1 aromatic heterocycles. The molecule has 0 radical (unpaired) electrons. The van der Waals surface area contributed by atoms with Crippen LogP contribution < -0.4 is 9.80 Å². The SMILES string of the molecule is Cc1nc(N(C)Cc2ccccc2)cc(N2CCN(C)CC2)n1. The molecule has 122 valence electrons. The van der Waals surface area contributed by atoms with Gasteiger partial charge in [-0.1, -0.05) is 30.3 Å². The third-order valence-corrected chi connectivity index (χ3v) is 4.29. The largest absolute Gasteiger partial charge is 0.355 e. The molecule has 0 amide bonds. The standard InChI is InChI=1S/C18H25N5/c1-15-19-17(22(3)14-16-7-5-4-6-8-16)13-18(20-15)23-11-9-21(2)10-12-23/h4-8,13H,9-12,14H2,1-3H3. The smallest absolute Gasteiger partial charge is 0.134 e. The summed E-state index contributed by atoms with van der Waals surface area (Å²) in [6.45, 7) is 7.03. The highest BCUT2D eigenvalue weighted by atomic mass is 15.3. The van der Waals surface area contributed by atoms with Crippen molar-refractivity contribution in [1.82, 2.24) is 14.9 Å². The molecule has 0 spiro atoms. The van der Waals surface area contributed by atoms with E-state index in [2.05, 4.69) is 69.1 Å². The minimum absolute atomic E-state index is 0.830. The monoisotopic (exact) mass is 311 g/mol. The molecular weight excluding hydrogens is 286 g/mol. The number of aryl methyl sites for hydroxylation is 1. The number of piperazine rings is 1. The van der Waals surface area contributed by atoms with Gasteiger partial charge in [0.25, 0.3) is 0 Å². The van der Waals surface area contributed by atoms with Crippen LogP contribution in [0.2, 0.25) is 0 Å². The molecule has 1 saturated heterocycles. The predicted octanol–water partition coefficient (Wildman–Crippen LogP) is 2.17. The van der Waals surface area contributed by atoms with E-state index in [1.165, 1.54) is 5.56 Å². The second-order valence-corrected chi connectivity index (χ2v) is 6.26. The molecular formula is C18H25N5. The zero-order valence-electron chi connectivity index (χ0n) is 14.2. The van der Waals surface area contributed by atoms with E-state index in [1.54, 1.807) is 0 Å². The fraction of sp³-hybridized carbons (Fsp3) is 0.444. The molecule has 0 bridgehead atoms. The summed E-state index contributed by atoms with van der Waals surface area (Å²) < 4.78 is 0. The summed E-state index contributed by atoms with van der Waals surface area (Å²) >= 11 is 0. The van der Waals surface area contributed by atoms with E-state index in [4.69, 9.17) is 0 Å². The number of benzene rings is 1. The molecule has 1 aromatic carbocycles. The van der Waals surface area contributed by atoms with E-state index < -0.39 is 0 Å². The van der Waals surface area contributed by atoms with Crippen LogP contribution in [0.3, 0.4) is 0 Å². The topological polar surface area (TPSA) is 35.5 Å². The van der Waals surface area contributed by atoms with Gasteiger partial charge in [0.05, 0.1) is 0 Å². The zero-order valence-corrected chi connectivity index (χ0v) is 14.2. The average molecular weight is 311 g/mol. The summed E-state index contributed by atoms with van der Waals surface area (Å²) in [4.78, 5) is 16.2. The molecule has 2 heterocycles. The van der Waals surface area contributed by atoms with Crippen molar-refractivity contribution in [2.75, 3.05) is 50.1 Å². The van der Waals surface area contributed by atoms with Crippen molar-refractivity contribution < 1.29 is 0 Å². The molecule has 3 rings (SSSR count). The van der Waals surface area contributed by atoms with Gasteiger partial charge in [-0.3, -0.25) is 0 Å². The lowest BCUT2D eigenvalue weighted by Gasteiger charge is -2.33. The second kappa shape index (κ2) is 6.96. The lowest BCUT2D eigenvalue weighted by Crippen LogP contribution is -2.45. The molecule has 5 nitrogen and oxygen atoms in total. The van der Waals surface area contributed by atoms with Crippen molar-refractivity contribution in [3.8, 4) is 0 Å². The van der Waals surface area contributed by atoms with E-state index in [-0.39, 0.29) is 0 Å². The Balaban J connectivity index is 1.77. The summed E-state index contributed by atoms with van der Waals surface area (Å²) in [5.41, 5.74) is 1.28. The van der Waals surface area contributed by atoms with E-state index in [9.17, 15) is 0 Å². The Kier molecular flexibility index (Phi) is 4.76. The van der Waals surface area contributed by atoms with Gasteiger partial charge in [0.1, 0.15) is 17.5 Å². The highest BCUT2D eigenvalue weighted by molar-refractivity contribution is 5.51. The average Bonchev–Trinajstić information content (AvgIpc) is 2.56. The summed E-state index contributed by atoms with van der Waals surface area (Å²) in [5.74, 6) is 2.85. The maximum atomic E-state index is 4.64. The molecule has 1 aliphatic heterocycles. The van der Waals surface area contributed by atoms with E-state index in [0.717, 1.165) is 50.2 Å². The minimum Gasteiger partial charge on any atom is -0.355 e. The van der Waals surface area contributed by atoms with Gasteiger partial charge in [0.15, 0.2) is 0 Å². The zero-order chi connectivity index (χ0) is 16.2. The molecule has 1 aliphatic rings. The Morgan fingerprint density at radius 2 is 1.74 bits per heavy atom. The number of anilines is 2. The first-order chi connectivity index (χ1) is 11.1. The Morgan fingerprint density at radius 3 is 2.43 bits per heavy atom. The molecule has 0 unspecified atom stereocenters. The highest BCUT2D eigenvalue weighted by Gasteiger charge is 2.17. The third-order valence-electron chi connectivity index (χ3n) is 4.29. The molecule has 0 saturated carbocycles. The lowest BCUT2D eigenvalue weighted by atomic mass is 10.2. The fourth-order valence-corrected chi connectivity index (χ4v) is 2.87. The van der Waals surface area contributed by atoms with Crippen LogP contribution in [-0.4, -0.2) is 55.1 Å². The van der Waals surface area contributed by atoms with Crippen LogP contribution in [0.25, 0.3) is 0 Å². The van der Waals surface area contributed by atoms with E-state index >= 15 is 0 Å². The van der Waals surface area contributed by atoms with Crippen molar-refractivity contribution in [2.24, 2.45) is 0 Å². The minimum atomic E-state index is 0.830. The first kappa shape index (κ1) is 15.7. The van der Waals surface area contributed by atoms with Gasteiger partial charge >= 0.3 is 0 Å². The number of hydrogen-bond donors (Lipinski definition) is 0. The molecule has 0 N–H and O–H groups in total. The lowest BCUT2D eigenvalue weighted by molar-refractivity contribution is 0.312. The van der Waals surface area contributed by atoms with Gasteiger partial charge in [-0.15, -0.1) is 0 Å². The first-order valence-electron chi connectivity index (χ1n) is 8.16. The molecule has 0 aliphatic carbocycles. The molecule has 0 atom stereocenters. The van der Waals surface area contributed by atoms with Gasteiger partial charge in [0, 0.05) is 45.8 Å². The van der Waals surface area contributed by atoms with Gasteiger partial charge < -0.3 is 14.7 Å². The van der Waals surface area contributed by atoms with Crippen LogP contribution in [0.4, 0.5) is 11.6 Å². The molecule has 5 heteroatoms. The van der Waals surface area contributed by atoms with Gasteiger partial charge in [-0.2, -0.15) is 0 Å². The summed E-state index contributed by atoms with van der Waals surface area (Å²) in [5, 5.41) is 0. The Labute approximate surface area is 138 Å². The Hall–Kier alpha value is -2.14. The van der Waals surface area contributed by atoms with Crippen molar-refractivity contribution in [2.45, 2.75) is 13.5 Å². The third kappa shape index (κ3) is 3.99. The number of aromatic nitrogens is 2. The van der Waals surface area contributed by atoms with E-state index in [1.807, 2.05) is 13.0 Å². The van der Waals surface area contributed by atoms with Crippen LogP contribution in [0.15, 0.2) is 36.4 Å². The van der Waals surface area contributed by atoms with Crippen LogP contribution in [0, 0.1) is 6.92 Å². The van der Waals surface area contributed by atoms with Gasteiger partial charge in [-0.05, 0) is 19.5 Å². The molecule has 2 aromatic rings. The summed E-state index contributed by atoms with van der Waals surface area (Å²) in [7, 11) is 4.25. The van der Waals surface area contributed by atoms with Crippen LogP contribution in [0.5, 0.6) is 0 Å². The Bertz CT molecular complexity index is 635. The Morgan fingerprint density at radius 1 is 1.04 bits per heavy atom. The van der Waals surface area contributed by atoms with Crippen LogP contribution >= 0.6 is 0 Å². The second-order valence-electron chi connectivity index (χ2n) is 6.26. The van der Waals surface area contributed by atoms with Gasteiger partial charge in [-0.25, -0.2) is 9.97 Å². The summed E-state index contributed by atoms with van der Waals surface area (Å²) in [6.07, 6.45) is 0. The van der Waals surface area contributed by atoms with Crippen LogP contribution in [-0.2, 0) is 6.54 Å². The van der Waals surface area contributed by atoms with Crippen LogP contribution in [0.1, 0.15) is 11.4 Å². The normalized spacial score (nSPS) is 15.7. The van der Waals surface area contributed by atoms with Crippen molar-refractivity contribution in [1.29, 1.82) is 0 Å². The van der Waals surface area contributed by atoms with Gasteiger partial charge in [0.2, 0.25) is 0 Å². The van der Waals surface area contributed by atoms with Crippen molar-refractivity contribution in [3.05, 3.63) is 47.8 Å². The number of hydrogen-bond acceptors (Lipinski definition) is 5. The first-order valence-corrected chi connectivity index (χ1v) is 8.16. The number of likely N-dealkylation sites (N-methyl/N-ethyl adjacent to an activating group) is 1. The predicted molar refractivity (Wildman–Crippen MR) is 95.0 cm³/mol. The van der Waals surface area contributed by atoms with Crippen molar-refractivity contribution >= 4 is 11.6 Å². The maximum absolute atomic E-state index is 4.64. The fourth-order valence-electron chi connectivity index (χ4n) is 2.87. The van der Waals surface area contributed by atoms with Crippen molar-refractivity contribution in [3.63, 3.8) is 0 Å². The van der Waals surface area contributed by atoms with E-state index in [0.29, 0.717) is 0 Å². The maximum Gasteiger partial charge on any atom is 0.134 e. The molecule has 1 fully saturated rings. The summed E-state index contributed by atoms with van der Waals surface area (Å²) in [6, 6.07) is 12.6. The number of nitrogens with zero attached hydrogens (tertiary/aromatic N) is 5. The highest BCUT2D eigenvalue weighted by Crippen LogP contribution is 2.20. The quantitative estimate of drug-likeness (QED) is 0.865. The molecule has 23 heavy (non-hydrogen) atoms.